The highest BCUT2D eigenvalue weighted by atomic mass is 16.5. The van der Waals surface area contributed by atoms with Crippen molar-refractivity contribution in [2.24, 2.45) is 0 Å². The summed E-state index contributed by atoms with van der Waals surface area (Å²) in [5, 5.41) is 8.76. The monoisotopic (exact) mass is 210 g/mol. The Morgan fingerprint density at radius 1 is 1.53 bits per heavy atom. The zero-order chi connectivity index (χ0) is 11.3. The van der Waals surface area contributed by atoms with Crippen LogP contribution in [0.1, 0.15) is 36.1 Å². The molecule has 1 aromatic heterocycles. The first-order valence-corrected chi connectivity index (χ1v) is 4.85. The number of aromatic nitrogens is 2. The maximum atomic E-state index is 10.7. The summed E-state index contributed by atoms with van der Waals surface area (Å²) in [6.45, 7) is 4.24. The van der Waals surface area contributed by atoms with Crippen LogP contribution in [-0.4, -0.2) is 27.7 Å². The molecule has 0 saturated heterocycles. The Morgan fingerprint density at radius 3 is 2.87 bits per heavy atom. The minimum Gasteiger partial charge on any atom is -0.478 e. The molecular formula is C10H14N2O3. The molecule has 5 heteroatoms. The third kappa shape index (κ3) is 3.53. The summed E-state index contributed by atoms with van der Waals surface area (Å²) in [4.78, 5) is 18.5. The number of carboxylic acids is 1. The van der Waals surface area contributed by atoms with Crippen LogP contribution in [0.25, 0.3) is 0 Å². The molecule has 0 aromatic carbocycles. The number of aromatic carboxylic acids is 1. The van der Waals surface area contributed by atoms with Crippen LogP contribution in [0.5, 0.6) is 5.88 Å². The molecule has 0 atom stereocenters. The molecule has 1 rings (SSSR count). The number of ether oxygens (including phenoxy) is 1. The minimum absolute atomic E-state index is 0.0333. The first-order chi connectivity index (χ1) is 7.13. The predicted octanol–water partition coefficient (Wildman–Crippen LogP) is 1.66. The number of rotatable bonds is 5. The Kier molecular flexibility index (Phi) is 4.03. The van der Waals surface area contributed by atoms with Crippen molar-refractivity contribution in [3.8, 4) is 5.88 Å². The number of carbonyl (C=O) groups is 1. The van der Waals surface area contributed by atoms with Gasteiger partial charge in [0.15, 0.2) is 5.69 Å². The lowest BCUT2D eigenvalue weighted by molar-refractivity contribution is 0.0689. The summed E-state index contributed by atoms with van der Waals surface area (Å²) in [5.74, 6) is -0.337. The highest BCUT2D eigenvalue weighted by molar-refractivity contribution is 5.85. The third-order valence-electron chi connectivity index (χ3n) is 1.78. The van der Waals surface area contributed by atoms with Gasteiger partial charge in [0.1, 0.15) is 5.82 Å². The van der Waals surface area contributed by atoms with Gasteiger partial charge in [-0.15, -0.1) is 0 Å². The summed E-state index contributed by atoms with van der Waals surface area (Å²) < 4.78 is 5.30. The molecule has 82 valence electrons. The zero-order valence-corrected chi connectivity index (χ0v) is 8.86. The Bertz CT molecular complexity index is 353. The molecule has 0 unspecified atom stereocenters. The molecule has 0 amide bonds. The summed E-state index contributed by atoms with van der Waals surface area (Å²) >= 11 is 0. The average molecular weight is 210 g/mol. The summed E-state index contributed by atoms with van der Waals surface area (Å²) in [6, 6.07) is 1.34. The van der Waals surface area contributed by atoms with Gasteiger partial charge in [0, 0.05) is 6.07 Å². The van der Waals surface area contributed by atoms with Crippen molar-refractivity contribution >= 4 is 5.97 Å². The molecular weight excluding hydrogens is 196 g/mol. The molecule has 15 heavy (non-hydrogen) atoms. The summed E-state index contributed by atoms with van der Waals surface area (Å²) in [5.41, 5.74) is -0.0333. The first-order valence-electron chi connectivity index (χ1n) is 4.85. The highest BCUT2D eigenvalue weighted by Gasteiger charge is 2.08. The van der Waals surface area contributed by atoms with E-state index in [9.17, 15) is 4.79 Å². The van der Waals surface area contributed by atoms with E-state index in [2.05, 4.69) is 16.9 Å². The van der Waals surface area contributed by atoms with Crippen molar-refractivity contribution in [2.75, 3.05) is 6.61 Å². The first kappa shape index (κ1) is 11.4. The van der Waals surface area contributed by atoms with Gasteiger partial charge in [0.05, 0.1) is 6.61 Å². The van der Waals surface area contributed by atoms with E-state index in [0.717, 1.165) is 12.8 Å². The van der Waals surface area contributed by atoms with Gasteiger partial charge < -0.3 is 9.84 Å². The van der Waals surface area contributed by atoms with Crippen LogP contribution in [0, 0.1) is 6.92 Å². The van der Waals surface area contributed by atoms with Gasteiger partial charge in [-0.3, -0.25) is 0 Å². The number of nitrogens with zero attached hydrogens (tertiary/aromatic N) is 2. The molecule has 0 aliphatic heterocycles. The van der Waals surface area contributed by atoms with Gasteiger partial charge in [0.25, 0.3) is 0 Å². The van der Waals surface area contributed by atoms with E-state index in [1.54, 1.807) is 6.92 Å². The molecule has 0 aliphatic rings. The van der Waals surface area contributed by atoms with E-state index < -0.39 is 5.97 Å². The fourth-order valence-corrected chi connectivity index (χ4v) is 1.04. The second-order valence-corrected chi connectivity index (χ2v) is 3.15. The largest absolute Gasteiger partial charge is 0.478 e. The van der Waals surface area contributed by atoms with E-state index in [1.165, 1.54) is 6.07 Å². The van der Waals surface area contributed by atoms with Crippen LogP contribution in [0.4, 0.5) is 0 Å². The van der Waals surface area contributed by atoms with Crippen molar-refractivity contribution < 1.29 is 14.6 Å². The minimum atomic E-state index is -1.07. The number of carboxylic acid groups (broad SMARTS) is 1. The van der Waals surface area contributed by atoms with Gasteiger partial charge in [-0.2, -0.15) is 4.98 Å². The standard InChI is InChI=1S/C10H14N2O3/c1-3-4-5-15-9-6-8(10(13)14)11-7(2)12-9/h6H,3-5H2,1-2H3,(H,13,14). The quantitative estimate of drug-likeness (QED) is 0.748. The van der Waals surface area contributed by atoms with Crippen molar-refractivity contribution in [2.45, 2.75) is 26.7 Å². The van der Waals surface area contributed by atoms with Gasteiger partial charge in [-0.1, -0.05) is 13.3 Å². The molecule has 0 fully saturated rings. The van der Waals surface area contributed by atoms with Gasteiger partial charge in [-0.25, -0.2) is 9.78 Å². The maximum absolute atomic E-state index is 10.7. The van der Waals surface area contributed by atoms with Crippen LogP contribution in [0.2, 0.25) is 0 Å². The normalized spacial score (nSPS) is 10.0. The molecule has 0 radical (unpaired) electrons. The Balaban J connectivity index is 2.75. The molecule has 1 aromatic rings. The van der Waals surface area contributed by atoms with Gasteiger partial charge in [-0.05, 0) is 13.3 Å². The van der Waals surface area contributed by atoms with Crippen LogP contribution >= 0.6 is 0 Å². The lowest BCUT2D eigenvalue weighted by Gasteiger charge is -2.05. The smallest absolute Gasteiger partial charge is 0.354 e. The third-order valence-corrected chi connectivity index (χ3v) is 1.78. The van der Waals surface area contributed by atoms with Crippen LogP contribution in [0.15, 0.2) is 6.07 Å². The Morgan fingerprint density at radius 2 is 2.27 bits per heavy atom. The molecule has 1 N–H and O–H groups in total. The van der Waals surface area contributed by atoms with Crippen molar-refractivity contribution in [1.29, 1.82) is 0 Å². The lowest BCUT2D eigenvalue weighted by Crippen LogP contribution is -2.06. The van der Waals surface area contributed by atoms with E-state index in [0.29, 0.717) is 18.3 Å². The number of aryl methyl sites for hydroxylation is 1. The lowest BCUT2D eigenvalue weighted by atomic mass is 10.3. The second kappa shape index (κ2) is 5.29. The van der Waals surface area contributed by atoms with Crippen molar-refractivity contribution in [1.82, 2.24) is 9.97 Å². The van der Waals surface area contributed by atoms with Gasteiger partial charge in [0.2, 0.25) is 5.88 Å². The van der Waals surface area contributed by atoms with Crippen LogP contribution in [0.3, 0.4) is 0 Å². The number of hydrogen-bond donors (Lipinski definition) is 1. The number of unbranched alkanes of at least 4 members (excludes halogenated alkanes) is 1. The fourth-order valence-electron chi connectivity index (χ4n) is 1.04. The Hall–Kier alpha value is -1.65. The zero-order valence-electron chi connectivity index (χ0n) is 8.86. The molecule has 5 nitrogen and oxygen atoms in total. The van der Waals surface area contributed by atoms with Crippen LogP contribution < -0.4 is 4.74 Å². The van der Waals surface area contributed by atoms with Crippen molar-refractivity contribution in [3.05, 3.63) is 17.6 Å². The maximum Gasteiger partial charge on any atom is 0.354 e. The van der Waals surface area contributed by atoms with Gasteiger partial charge >= 0.3 is 5.97 Å². The molecule has 0 spiro atoms. The topological polar surface area (TPSA) is 72.3 Å². The molecule has 0 saturated carbocycles. The number of hydrogen-bond acceptors (Lipinski definition) is 4. The van der Waals surface area contributed by atoms with E-state index in [1.807, 2.05) is 0 Å². The molecule has 0 aliphatic carbocycles. The molecule has 0 bridgehead atoms. The predicted molar refractivity (Wildman–Crippen MR) is 54.1 cm³/mol. The van der Waals surface area contributed by atoms with Crippen LogP contribution in [-0.2, 0) is 0 Å². The van der Waals surface area contributed by atoms with Crippen molar-refractivity contribution in [3.63, 3.8) is 0 Å². The Labute approximate surface area is 88.1 Å². The van der Waals surface area contributed by atoms with E-state index in [4.69, 9.17) is 9.84 Å². The van der Waals surface area contributed by atoms with E-state index in [-0.39, 0.29) is 5.69 Å². The second-order valence-electron chi connectivity index (χ2n) is 3.15. The van der Waals surface area contributed by atoms with E-state index >= 15 is 0 Å². The molecule has 1 heterocycles. The fraction of sp³-hybridized carbons (Fsp3) is 0.500. The average Bonchev–Trinajstić information content (AvgIpc) is 2.17. The summed E-state index contributed by atoms with van der Waals surface area (Å²) in [6.07, 6.45) is 1.95. The summed E-state index contributed by atoms with van der Waals surface area (Å²) in [7, 11) is 0. The SMILES string of the molecule is CCCCOc1cc(C(=O)O)nc(C)n1. The highest BCUT2D eigenvalue weighted by Crippen LogP contribution is 2.09.